The number of nitrogens with zero attached hydrogens (tertiary/aromatic N) is 1. The van der Waals surface area contributed by atoms with Crippen LogP contribution in [0, 0.1) is 0 Å². The van der Waals surface area contributed by atoms with Crippen LogP contribution < -0.4 is 0 Å². The lowest BCUT2D eigenvalue weighted by Gasteiger charge is -2.38. The van der Waals surface area contributed by atoms with Crippen LogP contribution in [0.15, 0.2) is 35.4 Å². The third-order valence-electron chi connectivity index (χ3n) is 5.76. The normalized spacial score (nSPS) is 13.0. The first kappa shape index (κ1) is 22.3. The second-order valence-corrected chi connectivity index (χ2v) is 8.07. The molecule has 0 radical (unpaired) electrons. The number of halogens is 1. The minimum absolute atomic E-state index is 0.817. The maximum Gasteiger partial charge on any atom is 0.100 e. The van der Waals surface area contributed by atoms with E-state index >= 15 is 0 Å². The summed E-state index contributed by atoms with van der Waals surface area (Å²) in [6.45, 7) is 16.6. The molecule has 0 aliphatic rings. The summed E-state index contributed by atoms with van der Waals surface area (Å²) in [5.41, 5.74) is 4.43. The minimum Gasteiger partial charge on any atom is -0.321 e. The second kappa shape index (κ2) is 11.8. The van der Waals surface area contributed by atoms with Gasteiger partial charge in [0.25, 0.3) is 0 Å². The van der Waals surface area contributed by atoms with Gasteiger partial charge in [0.05, 0.1) is 19.6 Å². The molecule has 0 aliphatic carbocycles. The minimum atomic E-state index is 0.817. The van der Waals surface area contributed by atoms with Gasteiger partial charge in [-0.15, -0.1) is 0 Å². The number of benzene rings is 1. The van der Waals surface area contributed by atoms with Gasteiger partial charge in [0.2, 0.25) is 0 Å². The Balaban J connectivity index is 2.68. The number of hydrogen-bond acceptors (Lipinski definition) is 0. The van der Waals surface area contributed by atoms with Gasteiger partial charge >= 0.3 is 0 Å². The third-order valence-corrected chi connectivity index (χ3v) is 6.01. The van der Waals surface area contributed by atoms with Gasteiger partial charge < -0.3 is 4.48 Å². The van der Waals surface area contributed by atoms with Crippen molar-refractivity contribution in [3.05, 3.63) is 46.0 Å². The number of hydrogen-bond donors (Lipinski definition) is 0. The number of quaternary nitrogens is 1. The summed E-state index contributed by atoms with van der Waals surface area (Å²) in [6.07, 6.45) is 7.90. The highest BCUT2D eigenvalue weighted by molar-refractivity contribution is 6.30. The van der Waals surface area contributed by atoms with E-state index in [9.17, 15) is 0 Å². The Morgan fingerprint density at radius 1 is 0.840 bits per heavy atom. The molecular weight excluding hydrogens is 326 g/mol. The summed E-state index contributed by atoms with van der Waals surface area (Å²) in [5, 5.41) is 0.817. The Hall–Kier alpha value is -0.790. The summed E-state index contributed by atoms with van der Waals surface area (Å²) in [5.74, 6) is 0. The van der Waals surface area contributed by atoms with Crippen molar-refractivity contribution in [2.24, 2.45) is 0 Å². The van der Waals surface area contributed by atoms with Crippen molar-refractivity contribution in [3.8, 4) is 0 Å². The zero-order valence-electron chi connectivity index (χ0n) is 17.2. The smallest absolute Gasteiger partial charge is 0.100 e. The van der Waals surface area contributed by atoms with Crippen LogP contribution in [0.3, 0.4) is 0 Å². The highest BCUT2D eigenvalue weighted by Crippen LogP contribution is 2.19. The van der Waals surface area contributed by atoms with Gasteiger partial charge in [-0.25, -0.2) is 0 Å². The molecule has 0 N–H and O–H groups in total. The van der Waals surface area contributed by atoms with Crippen molar-refractivity contribution in [2.75, 3.05) is 26.2 Å². The van der Waals surface area contributed by atoms with Gasteiger partial charge in [-0.1, -0.05) is 55.5 Å². The van der Waals surface area contributed by atoms with Gasteiger partial charge in [0.15, 0.2) is 0 Å². The number of rotatable bonds is 12. The van der Waals surface area contributed by atoms with Crippen molar-refractivity contribution in [2.45, 2.75) is 73.1 Å². The molecule has 0 saturated carbocycles. The summed E-state index contributed by atoms with van der Waals surface area (Å²) >= 11 is 6.00. The molecule has 2 heteroatoms. The Morgan fingerprint density at radius 3 is 2.00 bits per heavy atom. The molecule has 0 aliphatic heterocycles. The van der Waals surface area contributed by atoms with Crippen LogP contribution in [0.2, 0.25) is 5.02 Å². The SMILES string of the molecule is CCCCCCC[N+](CC)(CC)C/C(C)=C(\C)Cc1ccc(Cl)cc1. The lowest BCUT2D eigenvalue weighted by atomic mass is 10.0. The summed E-state index contributed by atoms with van der Waals surface area (Å²) in [4.78, 5) is 0. The standard InChI is InChI=1S/C23H39ClN/c1-6-9-10-11-12-17-25(7-2,8-3)19-21(5)20(4)18-22-13-15-23(24)16-14-22/h13-16H,6-12,17-19H2,1-5H3/q+1/b21-20+. The van der Waals surface area contributed by atoms with Gasteiger partial charge in [-0.05, 0) is 70.2 Å². The predicted octanol–water partition coefficient (Wildman–Crippen LogP) is 7.05. The summed E-state index contributed by atoms with van der Waals surface area (Å²) in [6, 6.07) is 8.28. The molecule has 0 heterocycles. The molecule has 0 fully saturated rings. The average molecular weight is 365 g/mol. The lowest BCUT2D eigenvalue weighted by molar-refractivity contribution is -0.920. The zero-order chi connectivity index (χ0) is 18.7. The fourth-order valence-corrected chi connectivity index (χ4v) is 3.72. The Bertz CT molecular complexity index is 511. The van der Waals surface area contributed by atoms with E-state index in [-0.39, 0.29) is 0 Å². The van der Waals surface area contributed by atoms with Gasteiger partial charge in [-0.3, -0.25) is 0 Å². The molecule has 0 amide bonds. The van der Waals surface area contributed by atoms with Crippen LogP contribution in [-0.2, 0) is 6.42 Å². The predicted molar refractivity (Wildman–Crippen MR) is 113 cm³/mol. The molecule has 0 spiro atoms. The average Bonchev–Trinajstić information content (AvgIpc) is 2.62. The van der Waals surface area contributed by atoms with Gasteiger partial charge in [0.1, 0.15) is 6.54 Å². The lowest BCUT2D eigenvalue weighted by Crippen LogP contribution is -2.49. The van der Waals surface area contributed by atoms with Gasteiger partial charge in [0, 0.05) is 5.02 Å². The van der Waals surface area contributed by atoms with Crippen LogP contribution in [0.25, 0.3) is 0 Å². The number of allylic oxidation sites excluding steroid dienone is 1. The molecule has 1 nitrogen and oxygen atoms in total. The molecule has 0 atom stereocenters. The Labute approximate surface area is 161 Å². The van der Waals surface area contributed by atoms with E-state index in [1.165, 1.54) is 73.9 Å². The molecule has 1 rings (SSSR count). The molecule has 1 aromatic carbocycles. The first-order valence-electron chi connectivity index (χ1n) is 10.2. The zero-order valence-corrected chi connectivity index (χ0v) is 18.0. The molecule has 142 valence electrons. The second-order valence-electron chi connectivity index (χ2n) is 7.63. The largest absolute Gasteiger partial charge is 0.321 e. The molecule has 0 bridgehead atoms. The molecule has 1 aromatic rings. The van der Waals surface area contributed by atoms with Crippen LogP contribution in [0.4, 0.5) is 0 Å². The van der Waals surface area contributed by atoms with E-state index in [0.29, 0.717) is 0 Å². The van der Waals surface area contributed by atoms with Crippen molar-refractivity contribution in [1.82, 2.24) is 0 Å². The van der Waals surface area contributed by atoms with Crippen LogP contribution >= 0.6 is 11.6 Å². The van der Waals surface area contributed by atoms with Crippen LogP contribution in [0.5, 0.6) is 0 Å². The fourth-order valence-electron chi connectivity index (χ4n) is 3.59. The topological polar surface area (TPSA) is 0 Å². The monoisotopic (exact) mass is 364 g/mol. The maximum absolute atomic E-state index is 6.00. The highest BCUT2D eigenvalue weighted by Gasteiger charge is 2.23. The third kappa shape index (κ3) is 7.96. The molecule has 0 saturated heterocycles. The van der Waals surface area contributed by atoms with E-state index in [1.807, 2.05) is 12.1 Å². The first-order valence-corrected chi connectivity index (χ1v) is 10.6. The number of unbranched alkanes of at least 4 members (excludes halogenated alkanes) is 4. The van der Waals surface area contributed by atoms with Crippen molar-refractivity contribution < 1.29 is 4.48 Å². The van der Waals surface area contributed by atoms with E-state index in [2.05, 4.69) is 46.8 Å². The molecule has 0 unspecified atom stereocenters. The maximum atomic E-state index is 6.00. The van der Waals surface area contributed by atoms with E-state index in [4.69, 9.17) is 11.6 Å². The first-order chi connectivity index (χ1) is 12.0. The fraction of sp³-hybridized carbons (Fsp3) is 0.652. The Kier molecular flexibility index (Phi) is 10.5. The van der Waals surface area contributed by atoms with Crippen molar-refractivity contribution in [3.63, 3.8) is 0 Å². The van der Waals surface area contributed by atoms with E-state index < -0.39 is 0 Å². The molecule has 0 aromatic heterocycles. The van der Waals surface area contributed by atoms with Gasteiger partial charge in [-0.2, -0.15) is 0 Å². The van der Waals surface area contributed by atoms with Crippen LogP contribution in [0.1, 0.15) is 72.3 Å². The molecular formula is C23H39ClN+. The highest BCUT2D eigenvalue weighted by atomic mass is 35.5. The van der Waals surface area contributed by atoms with E-state index in [0.717, 1.165) is 11.4 Å². The van der Waals surface area contributed by atoms with Crippen molar-refractivity contribution in [1.29, 1.82) is 0 Å². The summed E-state index contributed by atoms with van der Waals surface area (Å²) < 4.78 is 1.23. The Morgan fingerprint density at radius 2 is 1.44 bits per heavy atom. The quantitative estimate of drug-likeness (QED) is 0.212. The molecule has 25 heavy (non-hydrogen) atoms. The number of likely N-dealkylation sites (N-methyl/N-ethyl adjacent to an activating group) is 1. The summed E-state index contributed by atoms with van der Waals surface area (Å²) in [7, 11) is 0. The van der Waals surface area contributed by atoms with Crippen LogP contribution in [-0.4, -0.2) is 30.7 Å². The van der Waals surface area contributed by atoms with E-state index in [1.54, 1.807) is 5.57 Å². The van der Waals surface area contributed by atoms with Crippen molar-refractivity contribution >= 4 is 11.6 Å².